The van der Waals surface area contributed by atoms with Crippen LogP contribution in [0.1, 0.15) is 38.8 Å². The van der Waals surface area contributed by atoms with E-state index in [1.54, 1.807) is 19.4 Å². The Bertz CT molecular complexity index is 927. The van der Waals surface area contributed by atoms with E-state index in [1.165, 1.54) is 5.56 Å². The van der Waals surface area contributed by atoms with E-state index < -0.39 is 6.10 Å². The summed E-state index contributed by atoms with van der Waals surface area (Å²) in [7, 11) is 0. The Hall–Kier alpha value is -3.08. The minimum absolute atomic E-state index is 0.0329. The SMILES string of the molecule is CC(Oc1cccc(C(C)(C)C)c1)C(=O)NCc1cccc(-n2ccnc2)c1. The van der Waals surface area contributed by atoms with Gasteiger partial charge in [0.2, 0.25) is 0 Å². The summed E-state index contributed by atoms with van der Waals surface area (Å²) in [4.78, 5) is 16.5. The van der Waals surface area contributed by atoms with E-state index in [0.29, 0.717) is 12.3 Å². The van der Waals surface area contributed by atoms with Crippen LogP contribution in [0.4, 0.5) is 0 Å². The van der Waals surface area contributed by atoms with Crippen LogP contribution in [0.5, 0.6) is 5.75 Å². The molecule has 0 saturated heterocycles. The molecule has 0 aliphatic rings. The lowest BCUT2D eigenvalue weighted by molar-refractivity contribution is -0.127. The van der Waals surface area contributed by atoms with Gasteiger partial charge in [0, 0.05) is 24.6 Å². The quantitative estimate of drug-likeness (QED) is 0.698. The Kier molecular flexibility index (Phi) is 5.83. The van der Waals surface area contributed by atoms with Crippen molar-refractivity contribution in [2.24, 2.45) is 0 Å². The van der Waals surface area contributed by atoms with Gasteiger partial charge in [-0.1, -0.05) is 45.0 Å². The molecule has 5 nitrogen and oxygen atoms in total. The molecule has 0 aliphatic carbocycles. The fraction of sp³-hybridized carbons (Fsp3) is 0.304. The van der Waals surface area contributed by atoms with Crippen molar-refractivity contribution in [1.29, 1.82) is 0 Å². The molecule has 1 N–H and O–H groups in total. The molecule has 1 aromatic heterocycles. The zero-order chi connectivity index (χ0) is 20.1. The number of ether oxygens (including phenoxy) is 1. The number of amides is 1. The molecule has 3 rings (SSSR count). The number of nitrogens with one attached hydrogen (secondary N) is 1. The second-order valence-electron chi connectivity index (χ2n) is 7.90. The van der Waals surface area contributed by atoms with Crippen molar-refractivity contribution < 1.29 is 9.53 Å². The molecular formula is C23H27N3O2. The molecule has 2 aromatic carbocycles. The summed E-state index contributed by atoms with van der Waals surface area (Å²) in [6.07, 6.45) is 4.80. The summed E-state index contributed by atoms with van der Waals surface area (Å²) < 4.78 is 7.79. The van der Waals surface area contributed by atoms with Gasteiger partial charge in [-0.05, 0) is 47.7 Å². The van der Waals surface area contributed by atoms with Gasteiger partial charge < -0.3 is 14.6 Å². The molecule has 1 unspecified atom stereocenters. The van der Waals surface area contributed by atoms with E-state index in [1.807, 2.05) is 53.2 Å². The highest BCUT2D eigenvalue weighted by molar-refractivity contribution is 5.80. The summed E-state index contributed by atoms with van der Waals surface area (Å²) in [5.41, 5.74) is 3.23. The van der Waals surface area contributed by atoms with E-state index in [2.05, 4.69) is 37.1 Å². The number of benzene rings is 2. The zero-order valence-electron chi connectivity index (χ0n) is 16.8. The molecule has 1 heterocycles. The van der Waals surface area contributed by atoms with E-state index in [-0.39, 0.29) is 11.3 Å². The molecule has 0 bridgehead atoms. The number of rotatable bonds is 6. The largest absolute Gasteiger partial charge is 0.481 e. The van der Waals surface area contributed by atoms with Crippen molar-refractivity contribution in [3.63, 3.8) is 0 Å². The molecule has 1 amide bonds. The molecule has 0 radical (unpaired) electrons. The number of nitrogens with zero attached hydrogens (tertiary/aromatic N) is 2. The van der Waals surface area contributed by atoms with Crippen molar-refractivity contribution in [2.75, 3.05) is 0 Å². The van der Waals surface area contributed by atoms with Crippen LogP contribution in [0.25, 0.3) is 5.69 Å². The fourth-order valence-electron chi connectivity index (χ4n) is 2.87. The molecule has 28 heavy (non-hydrogen) atoms. The highest BCUT2D eigenvalue weighted by atomic mass is 16.5. The van der Waals surface area contributed by atoms with Gasteiger partial charge in [0.05, 0.1) is 6.33 Å². The summed E-state index contributed by atoms with van der Waals surface area (Å²) in [5.74, 6) is 0.561. The number of imidazole rings is 1. The monoisotopic (exact) mass is 377 g/mol. The summed E-state index contributed by atoms with van der Waals surface area (Å²) in [6, 6.07) is 15.9. The number of hydrogen-bond donors (Lipinski definition) is 1. The summed E-state index contributed by atoms with van der Waals surface area (Å²) in [6.45, 7) is 8.67. The number of carbonyl (C=O) groups excluding carboxylic acids is 1. The van der Waals surface area contributed by atoms with E-state index >= 15 is 0 Å². The Balaban J connectivity index is 1.59. The van der Waals surface area contributed by atoms with Gasteiger partial charge in [-0.2, -0.15) is 0 Å². The number of aromatic nitrogens is 2. The first-order valence-corrected chi connectivity index (χ1v) is 9.45. The first-order valence-electron chi connectivity index (χ1n) is 9.45. The maximum atomic E-state index is 12.5. The Morgan fingerprint density at radius 1 is 1.18 bits per heavy atom. The van der Waals surface area contributed by atoms with Crippen LogP contribution in [-0.4, -0.2) is 21.6 Å². The van der Waals surface area contributed by atoms with Gasteiger partial charge in [-0.15, -0.1) is 0 Å². The molecule has 3 aromatic rings. The second kappa shape index (κ2) is 8.30. The van der Waals surface area contributed by atoms with Gasteiger partial charge in [0.1, 0.15) is 5.75 Å². The van der Waals surface area contributed by atoms with E-state index in [9.17, 15) is 4.79 Å². The van der Waals surface area contributed by atoms with Gasteiger partial charge in [-0.25, -0.2) is 4.98 Å². The van der Waals surface area contributed by atoms with Crippen molar-refractivity contribution in [1.82, 2.24) is 14.9 Å². The van der Waals surface area contributed by atoms with Crippen LogP contribution in [0.15, 0.2) is 67.3 Å². The van der Waals surface area contributed by atoms with Crippen LogP contribution in [0.3, 0.4) is 0 Å². The zero-order valence-corrected chi connectivity index (χ0v) is 16.8. The lowest BCUT2D eigenvalue weighted by Gasteiger charge is -2.21. The van der Waals surface area contributed by atoms with Gasteiger partial charge in [0.15, 0.2) is 6.10 Å². The van der Waals surface area contributed by atoms with Crippen molar-refractivity contribution in [3.8, 4) is 11.4 Å². The molecule has 0 saturated carbocycles. The van der Waals surface area contributed by atoms with E-state index in [4.69, 9.17) is 4.74 Å². The van der Waals surface area contributed by atoms with Crippen molar-refractivity contribution in [2.45, 2.75) is 45.8 Å². The minimum atomic E-state index is -0.577. The van der Waals surface area contributed by atoms with Crippen LogP contribution in [-0.2, 0) is 16.8 Å². The molecule has 1 atom stereocenters. The summed E-state index contributed by atoms with van der Waals surface area (Å²) >= 11 is 0. The lowest BCUT2D eigenvalue weighted by atomic mass is 9.87. The molecule has 0 spiro atoms. The molecule has 0 fully saturated rings. The maximum Gasteiger partial charge on any atom is 0.261 e. The predicted molar refractivity (Wildman–Crippen MR) is 111 cm³/mol. The number of hydrogen-bond acceptors (Lipinski definition) is 3. The standard InChI is InChI=1S/C23H27N3O2/c1-17(28-21-10-6-8-19(14-21)23(2,3)4)22(27)25-15-18-7-5-9-20(13-18)26-12-11-24-16-26/h5-14,16-17H,15H2,1-4H3,(H,25,27). The third-order valence-electron chi connectivity index (χ3n) is 4.56. The third-order valence-corrected chi connectivity index (χ3v) is 4.56. The molecule has 146 valence electrons. The smallest absolute Gasteiger partial charge is 0.261 e. The van der Waals surface area contributed by atoms with Crippen LogP contribution in [0.2, 0.25) is 0 Å². The Morgan fingerprint density at radius 2 is 1.96 bits per heavy atom. The van der Waals surface area contributed by atoms with Crippen LogP contribution >= 0.6 is 0 Å². The Morgan fingerprint density at radius 3 is 2.68 bits per heavy atom. The summed E-state index contributed by atoms with van der Waals surface area (Å²) in [5, 5.41) is 2.95. The topological polar surface area (TPSA) is 56.1 Å². The minimum Gasteiger partial charge on any atom is -0.481 e. The highest BCUT2D eigenvalue weighted by Crippen LogP contribution is 2.26. The molecule has 0 aliphatic heterocycles. The van der Waals surface area contributed by atoms with Crippen LogP contribution in [0, 0.1) is 0 Å². The van der Waals surface area contributed by atoms with Crippen LogP contribution < -0.4 is 10.1 Å². The first-order chi connectivity index (χ1) is 13.3. The van der Waals surface area contributed by atoms with Gasteiger partial charge in [-0.3, -0.25) is 4.79 Å². The number of carbonyl (C=O) groups is 1. The normalized spacial score (nSPS) is 12.4. The predicted octanol–water partition coefficient (Wildman–Crippen LogP) is 4.25. The van der Waals surface area contributed by atoms with E-state index in [0.717, 1.165) is 11.3 Å². The highest BCUT2D eigenvalue weighted by Gasteiger charge is 2.17. The first kappa shape index (κ1) is 19.7. The fourth-order valence-corrected chi connectivity index (χ4v) is 2.87. The lowest BCUT2D eigenvalue weighted by Crippen LogP contribution is -2.36. The van der Waals surface area contributed by atoms with Crippen molar-refractivity contribution in [3.05, 3.63) is 78.4 Å². The maximum absolute atomic E-state index is 12.5. The van der Waals surface area contributed by atoms with Gasteiger partial charge in [0.25, 0.3) is 5.91 Å². The molecular weight excluding hydrogens is 350 g/mol. The molecule has 5 heteroatoms. The average Bonchev–Trinajstić information content (AvgIpc) is 3.21. The Labute approximate surface area is 166 Å². The second-order valence-corrected chi connectivity index (χ2v) is 7.90. The third kappa shape index (κ3) is 5.00. The van der Waals surface area contributed by atoms with Gasteiger partial charge >= 0.3 is 0 Å². The van der Waals surface area contributed by atoms with Crippen molar-refractivity contribution >= 4 is 5.91 Å². The average molecular weight is 377 g/mol.